The predicted octanol–water partition coefficient (Wildman–Crippen LogP) is 1.32. The van der Waals surface area contributed by atoms with Crippen molar-refractivity contribution in [1.29, 1.82) is 0 Å². The van der Waals surface area contributed by atoms with Crippen LogP contribution in [-0.2, 0) is 4.79 Å². The van der Waals surface area contributed by atoms with Crippen LogP contribution in [0.25, 0.3) is 0 Å². The molecule has 5 heteroatoms. The molecular formula is C15H21N3O2. The number of amides is 2. The van der Waals surface area contributed by atoms with Gasteiger partial charge in [-0.1, -0.05) is 6.07 Å². The Morgan fingerprint density at radius 2 is 2.15 bits per heavy atom. The Kier molecular flexibility index (Phi) is 4.27. The number of benzene rings is 1. The lowest BCUT2D eigenvalue weighted by molar-refractivity contribution is -0.120. The van der Waals surface area contributed by atoms with E-state index in [4.69, 9.17) is 5.73 Å². The number of aryl methyl sites for hydroxylation is 1. The molecule has 0 radical (unpaired) electrons. The van der Waals surface area contributed by atoms with Crippen LogP contribution in [0.1, 0.15) is 35.7 Å². The van der Waals surface area contributed by atoms with E-state index >= 15 is 0 Å². The third-order valence-electron chi connectivity index (χ3n) is 3.64. The molecule has 1 fully saturated rings. The molecule has 0 spiro atoms. The quantitative estimate of drug-likeness (QED) is 0.799. The van der Waals surface area contributed by atoms with Crippen molar-refractivity contribution in [3.05, 3.63) is 29.3 Å². The molecular weight excluding hydrogens is 254 g/mol. The normalized spacial score (nSPS) is 18.7. The van der Waals surface area contributed by atoms with Crippen LogP contribution in [0.3, 0.4) is 0 Å². The fourth-order valence-corrected chi connectivity index (χ4v) is 2.52. The highest BCUT2D eigenvalue weighted by molar-refractivity contribution is 5.95. The van der Waals surface area contributed by atoms with E-state index in [9.17, 15) is 9.59 Å². The lowest BCUT2D eigenvalue weighted by atomic mass is 10.0. The Hall–Kier alpha value is -2.04. The van der Waals surface area contributed by atoms with Crippen molar-refractivity contribution in [2.24, 2.45) is 0 Å². The van der Waals surface area contributed by atoms with Crippen molar-refractivity contribution in [3.63, 3.8) is 0 Å². The van der Waals surface area contributed by atoms with E-state index in [1.54, 1.807) is 17.0 Å². The maximum atomic E-state index is 12.5. The van der Waals surface area contributed by atoms with Crippen molar-refractivity contribution in [3.8, 4) is 0 Å². The fourth-order valence-electron chi connectivity index (χ4n) is 2.52. The first-order chi connectivity index (χ1) is 9.47. The van der Waals surface area contributed by atoms with Crippen molar-refractivity contribution in [2.45, 2.75) is 32.7 Å². The largest absolute Gasteiger partial charge is 0.398 e. The van der Waals surface area contributed by atoms with Crippen LogP contribution in [0.5, 0.6) is 0 Å². The Balaban J connectivity index is 2.08. The monoisotopic (exact) mass is 275 g/mol. The molecule has 1 unspecified atom stereocenters. The Labute approximate surface area is 119 Å². The van der Waals surface area contributed by atoms with Crippen molar-refractivity contribution in [1.82, 2.24) is 10.2 Å². The van der Waals surface area contributed by atoms with Crippen molar-refractivity contribution in [2.75, 3.05) is 18.8 Å². The zero-order chi connectivity index (χ0) is 14.7. The highest BCUT2D eigenvalue weighted by atomic mass is 16.2. The number of carbonyl (C=O) groups is 2. The molecule has 3 N–H and O–H groups in total. The van der Waals surface area contributed by atoms with E-state index in [0.717, 1.165) is 24.9 Å². The molecule has 1 aromatic rings. The Morgan fingerprint density at radius 3 is 2.80 bits per heavy atom. The molecule has 1 aromatic carbocycles. The Morgan fingerprint density at radius 1 is 1.40 bits per heavy atom. The number of nitrogens with zero attached hydrogens (tertiary/aromatic N) is 1. The van der Waals surface area contributed by atoms with E-state index in [0.29, 0.717) is 17.8 Å². The number of hydrogen-bond donors (Lipinski definition) is 2. The molecule has 20 heavy (non-hydrogen) atoms. The number of carbonyl (C=O) groups excluding carboxylic acids is 2. The minimum Gasteiger partial charge on any atom is -0.398 e. The second-order valence-electron chi connectivity index (χ2n) is 5.36. The van der Waals surface area contributed by atoms with E-state index in [1.165, 1.54) is 6.92 Å². The van der Waals surface area contributed by atoms with Gasteiger partial charge in [0.15, 0.2) is 0 Å². The first kappa shape index (κ1) is 14.4. The topological polar surface area (TPSA) is 75.4 Å². The van der Waals surface area contributed by atoms with Crippen LogP contribution >= 0.6 is 0 Å². The maximum Gasteiger partial charge on any atom is 0.253 e. The van der Waals surface area contributed by atoms with Gasteiger partial charge in [-0.3, -0.25) is 9.59 Å². The van der Waals surface area contributed by atoms with Gasteiger partial charge < -0.3 is 16.0 Å². The predicted molar refractivity (Wildman–Crippen MR) is 78.3 cm³/mol. The van der Waals surface area contributed by atoms with Crippen LogP contribution in [0, 0.1) is 6.92 Å². The van der Waals surface area contributed by atoms with Gasteiger partial charge in [0.25, 0.3) is 5.91 Å². The number of anilines is 1. The number of nitrogen functional groups attached to an aromatic ring is 1. The standard InChI is InChI=1S/C15H21N3O2/c1-10-5-6-12(8-14(10)16)15(20)18-7-3-4-13(9-18)17-11(2)19/h5-6,8,13H,3-4,7,9,16H2,1-2H3,(H,17,19). The molecule has 2 amide bonds. The first-order valence-corrected chi connectivity index (χ1v) is 6.90. The number of rotatable bonds is 2. The molecule has 0 aromatic heterocycles. The van der Waals surface area contributed by atoms with Crippen LogP contribution in [0.15, 0.2) is 18.2 Å². The van der Waals surface area contributed by atoms with Gasteiger partial charge in [0.2, 0.25) is 5.91 Å². The van der Waals surface area contributed by atoms with Crippen molar-refractivity contribution >= 4 is 17.5 Å². The zero-order valence-electron chi connectivity index (χ0n) is 12.0. The molecule has 0 aliphatic carbocycles. The average Bonchev–Trinajstić information content (AvgIpc) is 2.40. The minimum absolute atomic E-state index is 0.0215. The minimum atomic E-state index is -0.0520. The number of likely N-dealkylation sites (tertiary alicyclic amines) is 1. The summed E-state index contributed by atoms with van der Waals surface area (Å²) in [5, 5.41) is 2.88. The number of nitrogens with one attached hydrogen (secondary N) is 1. The molecule has 0 bridgehead atoms. The third kappa shape index (κ3) is 3.29. The van der Waals surface area contributed by atoms with Gasteiger partial charge in [-0.25, -0.2) is 0 Å². The second-order valence-corrected chi connectivity index (χ2v) is 5.36. The highest BCUT2D eigenvalue weighted by Gasteiger charge is 2.25. The van der Waals surface area contributed by atoms with Crippen LogP contribution in [0.2, 0.25) is 0 Å². The van der Waals surface area contributed by atoms with Gasteiger partial charge in [0.05, 0.1) is 0 Å². The van der Waals surface area contributed by atoms with Gasteiger partial charge in [0, 0.05) is 37.3 Å². The Bertz CT molecular complexity index is 528. The SMILES string of the molecule is CC(=O)NC1CCCN(C(=O)c2ccc(C)c(N)c2)C1. The van der Waals surface area contributed by atoms with Gasteiger partial charge in [-0.15, -0.1) is 0 Å². The smallest absolute Gasteiger partial charge is 0.253 e. The summed E-state index contributed by atoms with van der Waals surface area (Å²) >= 11 is 0. The number of hydrogen-bond acceptors (Lipinski definition) is 3. The number of nitrogens with two attached hydrogens (primary N) is 1. The molecule has 0 saturated carbocycles. The summed E-state index contributed by atoms with van der Waals surface area (Å²) in [6.07, 6.45) is 1.82. The molecule has 1 aliphatic heterocycles. The van der Waals surface area contributed by atoms with E-state index < -0.39 is 0 Å². The lowest BCUT2D eigenvalue weighted by Gasteiger charge is -2.33. The summed E-state index contributed by atoms with van der Waals surface area (Å²) in [6.45, 7) is 4.70. The summed E-state index contributed by atoms with van der Waals surface area (Å²) in [6, 6.07) is 5.43. The molecule has 1 aliphatic rings. The highest BCUT2D eigenvalue weighted by Crippen LogP contribution is 2.17. The summed E-state index contributed by atoms with van der Waals surface area (Å²) in [5.41, 5.74) is 8.06. The molecule has 2 rings (SSSR count). The average molecular weight is 275 g/mol. The van der Waals surface area contributed by atoms with Crippen LogP contribution in [0.4, 0.5) is 5.69 Å². The van der Waals surface area contributed by atoms with Gasteiger partial charge >= 0.3 is 0 Å². The van der Waals surface area contributed by atoms with Crippen LogP contribution < -0.4 is 11.1 Å². The van der Waals surface area contributed by atoms with Gasteiger partial charge in [-0.05, 0) is 37.5 Å². The molecule has 1 heterocycles. The number of piperidine rings is 1. The summed E-state index contributed by atoms with van der Waals surface area (Å²) < 4.78 is 0. The third-order valence-corrected chi connectivity index (χ3v) is 3.64. The molecule has 1 saturated heterocycles. The summed E-state index contributed by atoms with van der Waals surface area (Å²) in [7, 11) is 0. The molecule has 5 nitrogen and oxygen atoms in total. The van der Waals surface area contributed by atoms with Gasteiger partial charge in [-0.2, -0.15) is 0 Å². The zero-order valence-corrected chi connectivity index (χ0v) is 12.0. The fraction of sp³-hybridized carbons (Fsp3) is 0.467. The van der Waals surface area contributed by atoms with Crippen molar-refractivity contribution < 1.29 is 9.59 Å². The molecule has 1 atom stereocenters. The van der Waals surface area contributed by atoms with E-state index in [1.807, 2.05) is 13.0 Å². The van der Waals surface area contributed by atoms with Gasteiger partial charge in [0.1, 0.15) is 0 Å². The van der Waals surface area contributed by atoms with E-state index in [2.05, 4.69) is 5.32 Å². The second kappa shape index (κ2) is 5.94. The summed E-state index contributed by atoms with van der Waals surface area (Å²) in [5.74, 6) is -0.0735. The molecule has 108 valence electrons. The lowest BCUT2D eigenvalue weighted by Crippen LogP contribution is -2.49. The van der Waals surface area contributed by atoms with Crippen LogP contribution in [-0.4, -0.2) is 35.8 Å². The first-order valence-electron chi connectivity index (χ1n) is 6.90. The summed E-state index contributed by atoms with van der Waals surface area (Å²) in [4.78, 5) is 25.3. The van der Waals surface area contributed by atoms with E-state index in [-0.39, 0.29) is 17.9 Å². The maximum absolute atomic E-state index is 12.5.